The van der Waals surface area contributed by atoms with Crippen LogP contribution in [0.4, 0.5) is 4.39 Å². The third-order valence-electron chi connectivity index (χ3n) is 3.16. The number of nitrogens with two attached hydrogens (primary N) is 1. The van der Waals surface area contributed by atoms with Crippen LogP contribution in [-0.4, -0.2) is 14.8 Å². The summed E-state index contributed by atoms with van der Waals surface area (Å²) in [5.41, 5.74) is 3.17. The second kappa shape index (κ2) is 7.11. The van der Waals surface area contributed by atoms with Crippen molar-refractivity contribution in [3.63, 3.8) is 0 Å². The monoisotopic (exact) mass is 355 g/mol. The minimum absolute atomic E-state index is 0.295. The fraction of sp³-hybridized carbons (Fsp3) is 0.429. The third-order valence-corrected chi connectivity index (χ3v) is 3.65. The van der Waals surface area contributed by atoms with Crippen LogP contribution < -0.4 is 11.3 Å². The van der Waals surface area contributed by atoms with Crippen LogP contribution in [0.5, 0.6) is 0 Å². The normalized spacial score (nSPS) is 12.9. The number of benzene rings is 1. The summed E-state index contributed by atoms with van der Waals surface area (Å²) in [5, 5.41) is 4.21. The molecule has 7 heteroatoms. The first-order valence-electron chi connectivity index (χ1n) is 6.79. The van der Waals surface area contributed by atoms with E-state index in [1.807, 2.05) is 4.68 Å². The van der Waals surface area contributed by atoms with Gasteiger partial charge in [-0.25, -0.2) is 14.1 Å². The molecule has 114 valence electrons. The standard InChI is InChI=1S/C14H19BrFN5/c1-9(2)7-21-14(18-8-19-21)6-13(20-17)11-5-10(15)3-4-12(11)16/h3-5,8-9,13,20H,6-7,17H2,1-2H3. The Morgan fingerprint density at radius 2 is 2.19 bits per heavy atom. The van der Waals surface area contributed by atoms with Crippen LogP contribution in [0.2, 0.25) is 0 Å². The van der Waals surface area contributed by atoms with Crippen LogP contribution in [0.1, 0.15) is 31.3 Å². The summed E-state index contributed by atoms with van der Waals surface area (Å²) >= 11 is 3.35. The molecular weight excluding hydrogens is 337 g/mol. The smallest absolute Gasteiger partial charge is 0.138 e. The molecule has 5 nitrogen and oxygen atoms in total. The highest BCUT2D eigenvalue weighted by molar-refractivity contribution is 9.10. The zero-order valence-corrected chi connectivity index (χ0v) is 13.6. The van der Waals surface area contributed by atoms with E-state index in [4.69, 9.17) is 5.84 Å². The SMILES string of the molecule is CC(C)Cn1ncnc1CC(NN)c1cc(Br)ccc1F. The van der Waals surface area contributed by atoms with E-state index in [1.165, 1.54) is 12.4 Å². The Kier molecular flexibility index (Phi) is 5.44. The maximum atomic E-state index is 14.0. The number of rotatable bonds is 6. The summed E-state index contributed by atoms with van der Waals surface area (Å²) < 4.78 is 16.6. The van der Waals surface area contributed by atoms with Crippen molar-refractivity contribution in [3.8, 4) is 0 Å². The van der Waals surface area contributed by atoms with Crippen molar-refractivity contribution in [1.29, 1.82) is 0 Å². The van der Waals surface area contributed by atoms with Gasteiger partial charge in [0.1, 0.15) is 18.0 Å². The van der Waals surface area contributed by atoms with Gasteiger partial charge in [0.15, 0.2) is 0 Å². The molecule has 0 saturated carbocycles. The lowest BCUT2D eigenvalue weighted by Crippen LogP contribution is -2.31. The van der Waals surface area contributed by atoms with Crippen LogP contribution in [0.15, 0.2) is 29.0 Å². The minimum atomic E-state index is -0.363. The van der Waals surface area contributed by atoms with E-state index in [-0.39, 0.29) is 11.9 Å². The maximum Gasteiger partial charge on any atom is 0.138 e. The molecule has 0 aliphatic rings. The van der Waals surface area contributed by atoms with Gasteiger partial charge in [-0.05, 0) is 24.1 Å². The number of hydrogen-bond acceptors (Lipinski definition) is 4. The highest BCUT2D eigenvalue weighted by atomic mass is 79.9. The van der Waals surface area contributed by atoms with Gasteiger partial charge in [0.05, 0.1) is 6.04 Å². The van der Waals surface area contributed by atoms with Crippen molar-refractivity contribution in [2.24, 2.45) is 11.8 Å². The zero-order valence-electron chi connectivity index (χ0n) is 12.1. The van der Waals surface area contributed by atoms with E-state index in [0.717, 1.165) is 16.8 Å². The Morgan fingerprint density at radius 1 is 1.43 bits per heavy atom. The Bertz CT molecular complexity index is 599. The van der Waals surface area contributed by atoms with Crippen molar-refractivity contribution >= 4 is 15.9 Å². The molecule has 3 N–H and O–H groups in total. The Hall–Kier alpha value is -1.31. The summed E-state index contributed by atoms with van der Waals surface area (Å²) in [6.45, 7) is 4.99. The van der Waals surface area contributed by atoms with Gasteiger partial charge >= 0.3 is 0 Å². The van der Waals surface area contributed by atoms with Crippen LogP contribution >= 0.6 is 15.9 Å². The number of hydrazine groups is 1. The molecular formula is C14H19BrFN5. The molecule has 0 radical (unpaired) electrons. The summed E-state index contributed by atoms with van der Waals surface area (Å²) in [7, 11) is 0. The van der Waals surface area contributed by atoms with Crippen molar-refractivity contribution in [2.45, 2.75) is 32.9 Å². The largest absolute Gasteiger partial charge is 0.271 e. The molecule has 21 heavy (non-hydrogen) atoms. The first-order chi connectivity index (χ1) is 10.0. The summed E-state index contributed by atoms with van der Waals surface area (Å²) in [6.07, 6.45) is 1.99. The van der Waals surface area contributed by atoms with Gasteiger partial charge < -0.3 is 0 Å². The molecule has 0 aliphatic heterocycles. The van der Waals surface area contributed by atoms with E-state index in [2.05, 4.69) is 45.3 Å². The molecule has 0 aliphatic carbocycles. The first-order valence-corrected chi connectivity index (χ1v) is 7.58. The van der Waals surface area contributed by atoms with Gasteiger partial charge in [-0.3, -0.25) is 11.3 Å². The quantitative estimate of drug-likeness (QED) is 0.617. The Morgan fingerprint density at radius 3 is 2.86 bits per heavy atom. The number of nitrogens with one attached hydrogen (secondary N) is 1. The Labute approximate surface area is 131 Å². The lowest BCUT2D eigenvalue weighted by molar-refractivity contribution is 0.441. The van der Waals surface area contributed by atoms with Crippen molar-refractivity contribution in [3.05, 3.63) is 46.2 Å². The van der Waals surface area contributed by atoms with Gasteiger partial charge in [0.2, 0.25) is 0 Å². The summed E-state index contributed by atoms with van der Waals surface area (Å²) in [4.78, 5) is 4.26. The molecule has 0 amide bonds. The van der Waals surface area contributed by atoms with Crippen molar-refractivity contribution in [2.75, 3.05) is 0 Å². The summed E-state index contributed by atoms with van der Waals surface area (Å²) in [6, 6.07) is 4.44. The van der Waals surface area contributed by atoms with Crippen LogP contribution in [0.25, 0.3) is 0 Å². The molecule has 1 aromatic carbocycles. The fourth-order valence-corrected chi connectivity index (χ4v) is 2.55. The molecule has 0 fully saturated rings. The van der Waals surface area contributed by atoms with Gasteiger partial charge in [-0.15, -0.1) is 0 Å². The molecule has 1 heterocycles. The molecule has 2 aromatic rings. The second-order valence-corrected chi connectivity index (χ2v) is 6.26. The molecule has 0 bridgehead atoms. The van der Waals surface area contributed by atoms with Crippen molar-refractivity contribution < 1.29 is 4.39 Å². The highest BCUT2D eigenvalue weighted by Gasteiger charge is 2.18. The van der Waals surface area contributed by atoms with Crippen LogP contribution in [0.3, 0.4) is 0 Å². The number of hydrogen-bond donors (Lipinski definition) is 2. The molecule has 1 unspecified atom stereocenters. The average Bonchev–Trinajstić information content (AvgIpc) is 2.85. The highest BCUT2D eigenvalue weighted by Crippen LogP contribution is 2.23. The number of aromatic nitrogens is 3. The molecule has 1 aromatic heterocycles. The van der Waals surface area contributed by atoms with E-state index in [9.17, 15) is 4.39 Å². The van der Waals surface area contributed by atoms with Gasteiger partial charge in [-0.2, -0.15) is 5.10 Å². The van der Waals surface area contributed by atoms with Crippen molar-refractivity contribution in [1.82, 2.24) is 20.2 Å². The topological polar surface area (TPSA) is 68.8 Å². The molecule has 0 spiro atoms. The average molecular weight is 356 g/mol. The molecule has 0 saturated heterocycles. The first kappa shape index (κ1) is 16.1. The number of halogens is 2. The van der Waals surface area contributed by atoms with E-state index >= 15 is 0 Å². The predicted molar refractivity (Wildman–Crippen MR) is 82.7 cm³/mol. The third kappa shape index (κ3) is 4.09. The zero-order chi connectivity index (χ0) is 15.4. The molecule has 2 rings (SSSR count). The molecule has 1 atom stereocenters. The van der Waals surface area contributed by atoms with Gasteiger partial charge in [0, 0.05) is 23.0 Å². The number of nitrogens with zero attached hydrogens (tertiary/aromatic N) is 3. The Balaban J connectivity index is 2.23. The van der Waals surface area contributed by atoms with Crippen LogP contribution in [0, 0.1) is 11.7 Å². The van der Waals surface area contributed by atoms with E-state index < -0.39 is 0 Å². The summed E-state index contributed by atoms with van der Waals surface area (Å²) in [5.74, 6) is 6.55. The van der Waals surface area contributed by atoms with Gasteiger partial charge in [0.25, 0.3) is 0 Å². The second-order valence-electron chi connectivity index (χ2n) is 5.34. The fourth-order valence-electron chi connectivity index (χ4n) is 2.17. The maximum absolute atomic E-state index is 14.0. The van der Waals surface area contributed by atoms with Crippen LogP contribution in [-0.2, 0) is 13.0 Å². The van der Waals surface area contributed by atoms with E-state index in [1.54, 1.807) is 12.1 Å². The lowest BCUT2D eigenvalue weighted by Gasteiger charge is -2.18. The van der Waals surface area contributed by atoms with Gasteiger partial charge in [-0.1, -0.05) is 29.8 Å². The minimum Gasteiger partial charge on any atom is -0.271 e. The van der Waals surface area contributed by atoms with E-state index in [0.29, 0.717) is 17.9 Å². The predicted octanol–water partition coefficient (Wildman–Crippen LogP) is 2.58. The lowest BCUT2D eigenvalue weighted by atomic mass is 10.0.